The maximum Gasteiger partial charge on any atom is 0.222 e. The summed E-state index contributed by atoms with van der Waals surface area (Å²) >= 11 is 0. The molecule has 1 aliphatic heterocycles. The molecule has 0 radical (unpaired) electrons. The first-order valence-electron chi connectivity index (χ1n) is 3.59. The van der Waals surface area contributed by atoms with Gasteiger partial charge in [-0.3, -0.25) is 4.79 Å². The molecule has 3 nitrogen and oxygen atoms in total. The summed E-state index contributed by atoms with van der Waals surface area (Å²) in [6, 6.07) is 0. The summed E-state index contributed by atoms with van der Waals surface area (Å²) in [5, 5.41) is 8.72. The number of likely N-dealkylation sites (tertiary alicyclic amines) is 1. The predicted octanol–water partition coefficient (Wildman–Crippen LogP) is -0.153. The molecular formula is C7H13NO2. The summed E-state index contributed by atoms with van der Waals surface area (Å²) in [6.07, 6.45) is 1.46. The van der Waals surface area contributed by atoms with Gasteiger partial charge < -0.3 is 10.0 Å². The van der Waals surface area contributed by atoms with Crippen molar-refractivity contribution in [2.45, 2.75) is 12.8 Å². The van der Waals surface area contributed by atoms with Crippen molar-refractivity contribution in [3.05, 3.63) is 0 Å². The first-order chi connectivity index (χ1) is 4.74. The molecule has 1 atom stereocenters. The fraction of sp³-hybridized carbons (Fsp3) is 0.857. The summed E-state index contributed by atoms with van der Waals surface area (Å²) < 4.78 is 0. The monoisotopic (exact) mass is 143 g/mol. The number of hydrogen-bond donors (Lipinski definition) is 1. The summed E-state index contributed by atoms with van der Waals surface area (Å²) in [7, 11) is 1.80. The zero-order valence-corrected chi connectivity index (χ0v) is 6.21. The number of aliphatic hydroxyl groups excluding tert-OH is 1. The lowest BCUT2D eigenvalue weighted by Crippen LogP contribution is -2.36. The maximum absolute atomic E-state index is 11.0. The molecule has 1 heterocycles. The average molecular weight is 143 g/mol. The molecule has 1 N–H and O–H groups in total. The minimum atomic E-state index is 0.152. The zero-order valence-electron chi connectivity index (χ0n) is 6.21. The van der Waals surface area contributed by atoms with E-state index in [1.54, 1.807) is 11.9 Å². The Labute approximate surface area is 60.6 Å². The lowest BCUT2D eigenvalue weighted by molar-refractivity contribution is -0.134. The molecule has 0 bridgehead atoms. The average Bonchev–Trinajstić information content (AvgIpc) is 1.95. The van der Waals surface area contributed by atoms with Gasteiger partial charge in [0.25, 0.3) is 0 Å². The van der Waals surface area contributed by atoms with Crippen molar-refractivity contribution in [3.63, 3.8) is 0 Å². The summed E-state index contributed by atoms with van der Waals surface area (Å²) in [4.78, 5) is 12.7. The molecule has 1 rings (SSSR count). The Morgan fingerprint density at radius 1 is 1.80 bits per heavy atom. The lowest BCUT2D eigenvalue weighted by atomic mass is 9.98. The first kappa shape index (κ1) is 7.54. The Morgan fingerprint density at radius 3 is 3.00 bits per heavy atom. The SMILES string of the molecule is CN1CC[C@H](CO)CC1=O. The van der Waals surface area contributed by atoms with Crippen molar-refractivity contribution in [3.8, 4) is 0 Å². The molecule has 0 unspecified atom stereocenters. The second kappa shape index (κ2) is 3.01. The molecule has 0 saturated carbocycles. The van der Waals surface area contributed by atoms with Gasteiger partial charge in [0, 0.05) is 26.6 Å². The van der Waals surface area contributed by atoms with Crippen molar-refractivity contribution in [2.75, 3.05) is 20.2 Å². The van der Waals surface area contributed by atoms with Crippen LogP contribution in [0.25, 0.3) is 0 Å². The van der Waals surface area contributed by atoms with Gasteiger partial charge in [-0.25, -0.2) is 0 Å². The van der Waals surface area contributed by atoms with Gasteiger partial charge in [0.15, 0.2) is 0 Å². The minimum absolute atomic E-state index is 0.152. The number of piperidine rings is 1. The number of carbonyl (C=O) groups is 1. The molecule has 0 aromatic heterocycles. The molecule has 0 aromatic rings. The summed E-state index contributed by atoms with van der Waals surface area (Å²) in [6.45, 7) is 0.948. The highest BCUT2D eigenvalue weighted by Gasteiger charge is 2.21. The van der Waals surface area contributed by atoms with Crippen molar-refractivity contribution >= 4 is 5.91 Å². The quantitative estimate of drug-likeness (QED) is 0.554. The van der Waals surface area contributed by atoms with Crippen LogP contribution in [0.4, 0.5) is 0 Å². The van der Waals surface area contributed by atoms with Crippen LogP contribution in [-0.4, -0.2) is 36.1 Å². The smallest absolute Gasteiger partial charge is 0.222 e. The van der Waals surface area contributed by atoms with Crippen molar-refractivity contribution < 1.29 is 9.90 Å². The number of nitrogens with zero attached hydrogens (tertiary/aromatic N) is 1. The van der Waals surface area contributed by atoms with E-state index in [1.165, 1.54) is 0 Å². The Morgan fingerprint density at radius 2 is 2.50 bits per heavy atom. The fourth-order valence-corrected chi connectivity index (χ4v) is 1.16. The van der Waals surface area contributed by atoms with Crippen LogP contribution in [-0.2, 0) is 4.79 Å². The highest BCUT2D eigenvalue weighted by atomic mass is 16.3. The van der Waals surface area contributed by atoms with Gasteiger partial charge in [0.1, 0.15) is 0 Å². The number of hydrogen-bond acceptors (Lipinski definition) is 2. The number of amides is 1. The van der Waals surface area contributed by atoms with Gasteiger partial charge in [-0.15, -0.1) is 0 Å². The third kappa shape index (κ3) is 1.48. The van der Waals surface area contributed by atoms with Crippen molar-refractivity contribution in [2.24, 2.45) is 5.92 Å². The summed E-state index contributed by atoms with van der Waals surface area (Å²) in [5.74, 6) is 0.369. The summed E-state index contributed by atoms with van der Waals surface area (Å²) in [5.41, 5.74) is 0. The highest BCUT2D eigenvalue weighted by Crippen LogP contribution is 2.15. The van der Waals surface area contributed by atoms with Gasteiger partial charge in [-0.2, -0.15) is 0 Å². The topological polar surface area (TPSA) is 40.5 Å². The van der Waals surface area contributed by atoms with Crippen molar-refractivity contribution in [1.29, 1.82) is 0 Å². The van der Waals surface area contributed by atoms with E-state index in [4.69, 9.17) is 5.11 Å². The Kier molecular flexibility index (Phi) is 2.27. The first-order valence-corrected chi connectivity index (χ1v) is 3.59. The fourth-order valence-electron chi connectivity index (χ4n) is 1.16. The second-order valence-corrected chi connectivity index (χ2v) is 2.86. The number of carbonyl (C=O) groups excluding carboxylic acids is 1. The molecule has 1 saturated heterocycles. The molecule has 0 aliphatic carbocycles. The third-order valence-corrected chi connectivity index (χ3v) is 2.02. The van der Waals surface area contributed by atoms with E-state index in [-0.39, 0.29) is 18.4 Å². The van der Waals surface area contributed by atoms with Crippen LogP contribution < -0.4 is 0 Å². The second-order valence-electron chi connectivity index (χ2n) is 2.86. The van der Waals surface area contributed by atoms with Gasteiger partial charge in [-0.1, -0.05) is 0 Å². The molecule has 0 aromatic carbocycles. The normalized spacial score (nSPS) is 27.2. The van der Waals surface area contributed by atoms with Crippen LogP contribution in [0, 0.1) is 5.92 Å². The zero-order chi connectivity index (χ0) is 7.56. The Hall–Kier alpha value is -0.570. The number of rotatable bonds is 1. The standard InChI is InChI=1S/C7H13NO2/c1-8-3-2-6(5-9)4-7(8)10/h6,9H,2-5H2,1H3/t6-/m0/s1. The maximum atomic E-state index is 11.0. The third-order valence-electron chi connectivity index (χ3n) is 2.02. The van der Waals surface area contributed by atoms with Gasteiger partial charge in [0.05, 0.1) is 0 Å². The molecule has 3 heteroatoms. The van der Waals surface area contributed by atoms with Gasteiger partial charge in [-0.05, 0) is 12.3 Å². The van der Waals surface area contributed by atoms with E-state index in [0.717, 1.165) is 13.0 Å². The van der Waals surface area contributed by atoms with Crippen LogP contribution in [0.2, 0.25) is 0 Å². The van der Waals surface area contributed by atoms with Crippen LogP contribution in [0.15, 0.2) is 0 Å². The van der Waals surface area contributed by atoms with Crippen molar-refractivity contribution in [1.82, 2.24) is 4.90 Å². The van der Waals surface area contributed by atoms with Crippen LogP contribution in [0.5, 0.6) is 0 Å². The molecule has 1 fully saturated rings. The predicted molar refractivity (Wildman–Crippen MR) is 37.4 cm³/mol. The van der Waals surface area contributed by atoms with Crippen LogP contribution in [0.3, 0.4) is 0 Å². The van der Waals surface area contributed by atoms with Crippen LogP contribution >= 0.6 is 0 Å². The molecule has 1 aliphatic rings. The number of aliphatic hydroxyl groups is 1. The van der Waals surface area contributed by atoms with Gasteiger partial charge in [0.2, 0.25) is 5.91 Å². The van der Waals surface area contributed by atoms with E-state index in [1.807, 2.05) is 0 Å². The van der Waals surface area contributed by atoms with E-state index >= 15 is 0 Å². The lowest BCUT2D eigenvalue weighted by Gasteiger charge is -2.27. The van der Waals surface area contributed by atoms with E-state index < -0.39 is 0 Å². The van der Waals surface area contributed by atoms with E-state index in [0.29, 0.717) is 6.42 Å². The largest absolute Gasteiger partial charge is 0.396 e. The molecular weight excluding hydrogens is 130 g/mol. The van der Waals surface area contributed by atoms with Crippen LogP contribution in [0.1, 0.15) is 12.8 Å². The van der Waals surface area contributed by atoms with E-state index in [2.05, 4.69) is 0 Å². The highest BCUT2D eigenvalue weighted by molar-refractivity contribution is 5.76. The molecule has 0 spiro atoms. The van der Waals surface area contributed by atoms with E-state index in [9.17, 15) is 4.79 Å². The minimum Gasteiger partial charge on any atom is -0.396 e. The Balaban J connectivity index is 2.41. The Bertz CT molecular complexity index is 136. The van der Waals surface area contributed by atoms with Gasteiger partial charge >= 0.3 is 0 Å². The molecule has 10 heavy (non-hydrogen) atoms. The molecule has 58 valence electrons. The molecule has 1 amide bonds.